The van der Waals surface area contributed by atoms with Crippen LogP contribution in [0.5, 0.6) is 0 Å². The number of carbonyl (C=O) groups is 2. The van der Waals surface area contributed by atoms with E-state index in [1.165, 1.54) is 6.20 Å². The molecule has 2 N–H and O–H groups in total. The Hall–Kier alpha value is -1.66. The minimum atomic E-state index is -0.199. The molecule has 1 aromatic rings. The van der Waals surface area contributed by atoms with Gasteiger partial charge in [0.1, 0.15) is 5.82 Å². The molecule has 3 rings (SSSR count). The van der Waals surface area contributed by atoms with Crippen LogP contribution in [0.4, 0.5) is 5.82 Å². The van der Waals surface area contributed by atoms with Crippen molar-refractivity contribution in [2.24, 2.45) is 5.92 Å². The first-order valence-electron chi connectivity index (χ1n) is 8.50. The molecule has 2 heterocycles. The highest BCUT2D eigenvalue weighted by Gasteiger charge is 2.33. The Morgan fingerprint density at radius 3 is 2.79 bits per heavy atom. The van der Waals surface area contributed by atoms with Crippen molar-refractivity contribution >= 4 is 29.2 Å². The van der Waals surface area contributed by atoms with Crippen molar-refractivity contribution in [2.75, 3.05) is 18.4 Å². The second-order valence-electron chi connectivity index (χ2n) is 6.64. The zero-order chi connectivity index (χ0) is 17.1. The van der Waals surface area contributed by atoms with E-state index in [9.17, 15) is 9.59 Å². The summed E-state index contributed by atoms with van der Waals surface area (Å²) in [5.41, 5.74) is 0. The molecule has 1 aromatic heterocycles. The monoisotopic (exact) mass is 350 g/mol. The number of anilines is 1. The Labute approximate surface area is 147 Å². The average molecular weight is 351 g/mol. The molecule has 0 spiro atoms. The van der Waals surface area contributed by atoms with Crippen molar-refractivity contribution in [2.45, 2.75) is 44.7 Å². The van der Waals surface area contributed by atoms with Crippen LogP contribution in [-0.2, 0) is 9.59 Å². The van der Waals surface area contributed by atoms with E-state index in [0.717, 1.165) is 32.2 Å². The fourth-order valence-corrected chi connectivity index (χ4v) is 3.08. The van der Waals surface area contributed by atoms with E-state index in [2.05, 4.69) is 20.5 Å². The minimum Gasteiger partial charge on any atom is -0.352 e. The number of nitrogens with zero attached hydrogens (tertiary/aromatic N) is 2. The molecule has 2 atom stereocenters. The number of carbonyl (C=O) groups excluding carboxylic acids is 2. The number of nitrogens with one attached hydrogen (secondary N) is 2. The van der Waals surface area contributed by atoms with Gasteiger partial charge in [-0.05, 0) is 51.3 Å². The second kappa shape index (κ2) is 7.49. The summed E-state index contributed by atoms with van der Waals surface area (Å²) in [6, 6.07) is 3.54. The summed E-state index contributed by atoms with van der Waals surface area (Å²) >= 11 is 5.80. The zero-order valence-corrected chi connectivity index (χ0v) is 14.6. The Bertz CT molecular complexity index is 603. The molecule has 0 unspecified atom stereocenters. The Morgan fingerprint density at radius 1 is 1.33 bits per heavy atom. The van der Waals surface area contributed by atoms with Gasteiger partial charge in [0.15, 0.2) is 0 Å². The van der Waals surface area contributed by atoms with Gasteiger partial charge in [-0.25, -0.2) is 4.98 Å². The molecular weight excluding hydrogens is 328 g/mol. The SMILES string of the molecule is C[C@@H](C(=O)NC1CC1)N1CCC[C@H](C(=O)Nc2ccc(Cl)cn2)C1. The maximum atomic E-state index is 12.5. The van der Waals surface area contributed by atoms with E-state index in [-0.39, 0.29) is 23.8 Å². The largest absolute Gasteiger partial charge is 0.352 e. The normalized spacial score (nSPS) is 22.7. The lowest BCUT2D eigenvalue weighted by Gasteiger charge is -2.35. The standard InChI is InChI=1S/C17H23ClN4O2/c1-11(16(23)20-14-5-6-14)22-8-2-3-12(10-22)17(24)21-15-7-4-13(18)9-19-15/h4,7,9,11-12,14H,2-3,5-6,8,10H2,1H3,(H,20,23)(H,19,21,24)/t11-,12-/m0/s1. The van der Waals surface area contributed by atoms with Gasteiger partial charge in [-0.15, -0.1) is 0 Å². The van der Waals surface area contributed by atoms with Crippen LogP contribution in [0.3, 0.4) is 0 Å². The number of piperidine rings is 1. The van der Waals surface area contributed by atoms with E-state index >= 15 is 0 Å². The van der Waals surface area contributed by atoms with Gasteiger partial charge in [-0.2, -0.15) is 0 Å². The highest BCUT2D eigenvalue weighted by molar-refractivity contribution is 6.30. The number of rotatable bonds is 5. The molecule has 0 aromatic carbocycles. The van der Waals surface area contributed by atoms with Gasteiger partial charge in [-0.1, -0.05) is 11.6 Å². The van der Waals surface area contributed by atoms with Crippen LogP contribution in [0.25, 0.3) is 0 Å². The van der Waals surface area contributed by atoms with Crippen LogP contribution in [0.1, 0.15) is 32.6 Å². The van der Waals surface area contributed by atoms with Crippen LogP contribution < -0.4 is 10.6 Å². The molecule has 0 bridgehead atoms. The van der Waals surface area contributed by atoms with E-state index in [1.807, 2.05) is 6.92 Å². The van der Waals surface area contributed by atoms with Crippen molar-refractivity contribution in [3.05, 3.63) is 23.4 Å². The molecular formula is C17H23ClN4O2. The molecule has 6 nitrogen and oxygen atoms in total. The molecule has 7 heteroatoms. The number of pyridine rings is 1. The third kappa shape index (κ3) is 4.45. The third-order valence-electron chi connectivity index (χ3n) is 4.65. The molecule has 2 amide bonds. The van der Waals surface area contributed by atoms with Crippen molar-refractivity contribution < 1.29 is 9.59 Å². The topological polar surface area (TPSA) is 74.3 Å². The second-order valence-corrected chi connectivity index (χ2v) is 7.08. The molecule has 130 valence electrons. The quantitative estimate of drug-likeness (QED) is 0.852. The van der Waals surface area contributed by atoms with Gasteiger partial charge in [0.2, 0.25) is 11.8 Å². The van der Waals surface area contributed by atoms with Gasteiger partial charge < -0.3 is 10.6 Å². The summed E-state index contributed by atoms with van der Waals surface area (Å²) in [5.74, 6) is 0.385. The Kier molecular flexibility index (Phi) is 5.36. The highest BCUT2D eigenvalue weighted by Crippen LogP contribution is 2.22. The third-order valence-corrected chi connectivity index (χ3v) is 4.88. The average Bonchev–Trinajstić information content (AvgIpc) is 3.40. The first-order chi connectivity index (χ1) is 11.5. The van der Waals surface area contributed by atoms with Gasteiger partial charge in [0.05, 0.1) is 17.0 Å². The Balaban J connectivity index is 1.54. The van der Waals surface area contributed by atoms with Crippen molar-refractivity contribution in [3.63, 3.8) is 0 Å². The summed E-state index contributed by atoms with van der Waals surface area (Å²) < 4.78 is 0. The number of hydrogen-bond donors (Lipinski definition) is 2. The molecule has 24 heavy (non-hydrogen) atoms. The first kappa shape index (κ1) is 17.2. The van der Waals surface area contributed by atoms with Gasteiger partial charge in [0, 0.05) is 18.8 Å². The van der Waals surface area contributed by atoms with E-state index < -0.39 is 0 Å². The smallest absolute Gasteiger partial charge is 0.237 e. The number of aromatic nitrogens is 1. The maximum absolute atomic E-state index is 12.5. The van der Waals surface area contributed by atoms with Crippen LogP contribution in [0.15, 0.2) is 18.3 Å². The van der Waals surface area contributed by atoms with Gasteiger partial charge >= 0.3 is 0 Å². The summed E-state index contributed by atoms with van der Waals surface area (Å²) in [6.07, 6.45) is 5.41. The van der Waals surface area contributed by atoms with Crippen molar-refractivity contribution in [1.82, 2.24) is 15.2 Å². The summed E-state index contributed by atoms with van der Waals surface area (Å²) in [5, 5.41) is 6.40. The lowest BCUT2D eigenvalue weighted by atomic mass is 9.96. The predicted octanol–water partition coefficient (Wildman–Crippen LogP) is 2.05. The predicted molar refractivity (Wildman–Crippen MR) is 92.8 cm³/mol. The molecule has 1 saturated heterocycles. The Morgan fingerprint density at radius 2 is 2.12 bits per heavy atom. The first-order valence-corrected chi connectivity index (χ1v) is 8.87. The molecule has 1 aliphatic heterocycles. The van der Waals surface area contributed by atoms with Crippen molar-refractivity contribution in [3.8, 4) is 0 Å². The van der Waals surface area contributed by atoms with Crippen molar-refractivity contribution in [1.29, 1.82) is 0 Å². The number of halogens is 1. The van der Waals surface area contributed by atoms with Crippen LogP contribution in [0.2, 0.25) is 5.02 Å². The molecule has 0 radical (unpaired) electrons. The van der Waals surface area contributed by atoms with E-state index in [4.69, 9.17) is 11.6 Å². The van der Waals surface area contributed by atoms with Gasteiger partial charge in [0.25, 0.3) is 0 Å². The summed E-state index contributed by atoms with van der Waals surface area (Å²) in [6.45, 7) is 3.36. The number of amides is 2. The fourth-order valence-electron chi connectivity index (χ4n) is 2.97. The van der Waals surface area contributed by atoms with Crippen LogP contribution >= 0.6 is 11.6 Å². The fraction of sp³-hybridized carbons (Fsp3) is 0.588. The van der Waals surface area contributed by atoms with Crippen LogP contribution in [0, 0.1) is 5.92 Å². The highest BCUT2D eigenvalue weighted by atomic mass is 35.5. The van der Waals surface area contributed by atoms with E-state index in [0.29, 0.717) is 23.4 Å². The summed E-state index contributed by atoms with van der Waals surface area (Å²) in [4.78, 5) is 30.9. The number of hydrogen-bond acceptors (Lipinski definition) is 4. The number of likely N-dealkylation sites (tertiary alicyclic amines) is 1. The molecule has 1 saturated carbocycles. The van der Waals surface area contributed by atoms with E-state index in [1.54, 1.807) is 12.1 Å². The van der Waals surface area contributed by atoms with Gasteiger partial charge in [-0.3, -0.25) is 14.5 Å². The lowest BCUT2D eigenvalue weighted by Crippen LogP contribution is -2.51. The molecule has 1 aliphatic carbocycles. The maximum Gasteiger partial charge on any atom is 0.237 e. The summed E-state index contributed by atoms with van der Waals surface area (Å²) in [7, 11) is 0. The minimum absolute atomic E-state index is 0.0516. The lowest BCUT2D eigenvalue weighted by molar-refractivity contribution is -0.129. The zero-order valence-electron chi connectivity index (χ0n) is 13.8. The molecule has 2 fully saturated rings. The van der Waals surface area contributed by atoms with Crippen LogP contribution in [-0.4, -0.2) is 46.9 Å². The molecule has 2 aliphatic rings.